The van der Waals surface area contributed by atoms with Crippen molar-refractivity contribution in [3.63, 3.8) is 0 Å². The van der Waals surface area contributed by atoms with Crippen molar-refractivity contribution in [2.75, 3.05) is 33.4 Å². The third kappa shape index (κ3) is 9.08. The van der Waals surface area contributed by atoms with Gasteiger partial charge < -0.3 is 25.2 Å². The van der Waals surface area contributed by atoms with E-state index in [0.29, 0.717) is 31.2 Å². The molecule has 28 heavy (non-hydrogen) atoms. The quantitative estimate of drug-likeness (QED) is 0.447. The van der Waals surface area contributed by atoms with Gasteiger partial charge in [0.05, 0.1) is 13.7 Å². The molecular formula is C20H29Cl2FN2O3. The minimum absolute atomic E-state index is 0. The number of nitrogens with one attached hydrogen (secondary N) is 2. The smallest absolute Gasteiger partial charge is 0.166 e. The molecule has 0 spiro atoms. The highest BCUT2D eigenvalue weighted by Gasteiger charge is 2.11. The second-order valence-corrected chi connectivity index (χ2v) is 5.87. The summed E-state index contributed by atoms with van der Waals surface area (Å²) in [6, 6.07) is 12.1. The van der Waals surface area contributed by atoms with E-state index in [2.05, 4.69) is 10.6 Å². The highest BCUT2D eigenvalue weighted by atomic mass is 35.5. The van der Waals surface area contributed by atoms with Crippen molar-refractivity contribution < 1.29 is 19.0 Å². The van der Waals surface area contributed by atoms with Gasteiger partial charge in [0, 0.05) is 18.7 Å². The second kappa shape index (κ2) is 15.4. The largest absolute Gasteiger partial charge is 0.493 e. The molecule has 0 aliphatic heterocycles. The summed E-state index contributed by atoms with van der Waals surface area (Å²) in [5.41, 5.74) is 1.90. The fourth-order valence-corrected chi connectivity index (χ4v) is 2.53. The predicted octanol–water partition coefficient (Wildman–Crippen LogP) is 3.32. The molecule has 3 N–H and O–H groups in total. The number of ether oxygens (including phenoxy) is 2. The molecule has 0 heterocycles. The maximum absolute atomic E-state index is 13.0. The monoisotopic (exact) mass is 434 g/mol. The molecule has 0 atom stereocenters. The number of halogens is 3. The van der Waals surface area contributed by atoms with E-state index in [1.54, 1.807) is 19.2 Å². The molecule has 0 aliphatic rings. The van der Waals surface area contributed by atoms with Crippen molar-refractivity contribution in [1.29, 1.82) is 0 Å². The van der Waals surface area contributed by atoms with Crippen LogP contribution >= 0.6 is 24.8 Å². The molecule has 0 unspecified atom stereocenters. The Morgan fingerprint density at radius 1 is 0.964 bits per heavy atom. The molecule has 0 aliphatic carbocycles. The Morgan fingerprint density at radius 2 is 1.68 bits per heavy atom. The van der Waals surface area contributed by atoms with Gasteiger partial charge in [0.15, 0.2) is 11.5 Å². The first-order chi connectivity index (χ1) is 12.7. The summed E-state index contributed by atoms with van der Waals surface area (Å²) in [7, 11) is 1.62. The van der Waals surface area contributed by atoms with Crippen LogP contribution in [0.1, 0.15) is 17.5 Å². The van der Waals surface area contributed by atoms with Crippen molar-refractivity contribution in [3.05, 3.63) is 59.4 Å². The maximum Gasteiger partial charge on any atom is 0.166 e. The van der Waals surface area contributed by atoms with Crippen LogP contribution in [-0.4, -0.2) is 38.5 Å². The zero-order valence-electron chi connectivity index (χ0n) is 15.9. The van der Waals surface area contributed by atoms with Gasteiger partial charge in [-0.3, -0.25) is 0 Å². The van der Waals surface area contributed by atoms with E-state index in [4.69, 9.17) is 14.6 Å². The van der Waals surface area contributed by atoms with Crippen molar-refractivity contribution in [2.45, 2.75) is 19.6 Å². The van der Waals surface area contributed by atoms with Gasteiger partial charge in [0.1, 0.15) is 12.4 Å². The van der Waals surface area contributed by atoms with E-state index in [0.717, 1.165) is 30.6 Å². The average molecular weight is 435 g/mol. The number of methoxy groups -OCH3 is 1. The summed E-state index contributed by atoms with van der Waals surface area (Å²) in [4.78, 5) is 0. The lowest BCUT2D eigenvalue weighted by Gasteiger charge is -2.16. The third-order valence-corrected chi connectivity index (χ3v) is 3.89. The summed E-state index contributed by atoms with van der Waals surface area (Å²) in [5.74, 6) is 1.12. The lowest BCUT2D eigenvalue weighted by atomic mass is 10.1. The zero-order chi connectivity index (χ0) is 18.6. The molecule has 2 aromatic carbocycles. The van der Waals surface area contributed by atoms with Crippen LogP contribution in [0, 0.1) is 5.82 Å². The van der Waals surface area contributed by atoms with Gasteiger partial charge in [-0.1, -0.05) is 24.3 Å². The lowest BCUT2D eigenvalue weighted by molar-refractivity contribution is 0.280. The fraction of sp³-hybridized carbons (Fsp3) is 0.400. The van der Waals surface area contributed by atoms with Crippen molar-refractivity contribution in [3.8, 4) is 11.5 Å². The number of hydrogen-bond donors (Lipinski definition) is 3. The summed E-state index contributed by atoms with van der Waals surface area (Å²) >= 11 is 0. The molecule has 0 saturated carbocycles. The van der Waals surface area contributed by atoms with E-state index in [-0.39, 0.29) is 37.2 Å². The van der Waals surface area contributed by atoms with Crippen LogP contribution in [0.2, 0.25) is 0 Å². The molecule has 0 aromatic heterocycles. The summed E-state index contributed by atoms with van der Waals surface area (Å²) in [6.45, 7) is 3.50. The summed E-state index contributed by atoms with van der Waals surface area (Å²) in [5, 5.41) is 15.3. The topological polar surface area (TPSA) is 62.8 Å². The van der Waals surface area contributed by atoms with E-state index in [9.17, 15) is 4.39 Å². The highest BCUT2D eigenvalue weighted by molar-refractivity contribution is 5.85. The molecule has 0 saturated heterocycles. The fourth-order valence-electron chi connectivity index (χ4n) is 2.53. The first kappa shape index (κ1) is 26.4. The molecule has 8 heteroatoms. The molecule has 2 rings (SSSR count). The summed E-state index contributed by atoms with van der Waals surface area (Å²) in [6.07, 6.45) is 0.968. The zero-order valence-corrected chi connectivity index (χ0v) is 17.6. The Morgan fingerprint density at radius 3 is 2.36 bits per heavy atom. The molecule has 0 amide bonds. The number of aliphatic hydroxyl groups excluding tert-OH is 1. The number of aliphatic hydroxyl groups is 1. The number of para-hydroxylation sites is 1. The van der Waals surface area contributed by atoms with Gasteiger partial charge in [-0.15, -0.1) is 24.8 Å². The van der Waals surface area contributed by atoms with E-state index in [1.807, 2.05) is 18.2 Å². The van der Waals surface area contributed by atoms with E-state index < -0.39 is 0 Å². The van der Waals surface area contributed by atoms with Crippen molar-refractivity contribution >= 4 is 24.8 Å². The first-order valence-electron chi connectivity index (χ1n) is 8.80. The van der Waals surface area contributed by atoms with Gasteiger partial charge >= 0.3 is 0 Å². The van der Waals surface area contributed by atoms with Crippen LogP contribution < -0.4 is 20.1 Å². The minimum atomic E-state index is -0.260. The van der Waals surface area contributed by atoms with Crippen LogP contribution in [-0.2, 0) is 13.2 Å². The van der Waals surface area contributed by atoms with E-state index in [1.165, 1.54) is 12.1 Å². The molecule has 5 nitrogen and oxygen atoms in total. The standard InChI is InChI=1S/C20H27FN2O3.2ClH/c1-25-19-5-2-4-17(14-23-11-3-10-22-12-13-24)20(19)26-15-16-6-8-18(21)9-7-16;;/h2,4-9,22-24H,3,10-15H2,1H3;2*1H. The molecule has 0 fully saturated rings. The average Bonchev–Trinajstić information content (AvgIpc) is 2.67. The normalized spacial score (nSPS) is 9.96. The van der Waals surface area contributed by atoms with Gasteiger partial charge in [0.2, 0.25) is 0 Å². The van der Waals surface area contributed by atoms with Gasteiger partial charge in [-0.25, -0.2) is 4.39 Å². The molecular weight excluding hydrogens is 406 g/mol. The van der Waals surface area contributed by atoms with Gasteiger partial charge in [0.25, 0.3) is 0 Å². The Hall–Kier alpha value is -1.57. The molecule has 0 bridgehead atoms. The second-order valence-electron chi connectivity index (χ2n) is 5.87. The Bertz CT molecular complexity index is 660. The van der Waals surface area contributed by atoms with Crippen LogP contribution in [0.25, 0.3) is 0 Å². The molecule has 158 valence electrons. The first-order valence-corrected chi connectivity index (χ1v) is 8.80. The lowest BCUT2D eigenvalue weighted by Crippen LogP contribution is -2.24. The highest BCUT2D eigenvalue weighted by Crippen LogP contribution is 2.31. The van der Waals surface area contributed by atoms with Gasteiger partial charge in [-0.05, 0) is 43.3 Å². The van der Waals surface area contributed by atoms with Crippen molar-refractivity contribution in [1.82, 2.24) is 10.6 Å². The Labute approximate surface area is 178 Å². The third-order valence-electron chi connectivity index (χ3n) is 3.89. The van der Waals surface area contributed by atoms with E-state index >= 15 is 0 Å². The maximum atomic E-state index is 13.0. The minimum Gasteiger partial charge on any atom is -0.493 e. The molecule has 2 aromatic rings. The van der Waals surface area contributed by atoms with Crippen LogP contribution in [0.4, 0.5) is 4.39 Å². The molecule has 0 radical (unpaired) electrons. The Balaban J connectivity index is 0.00000364. The van der Waals surface area contributed by atoms with Crippen LogP contribution in [0.3, 0.4) is 0 Å². The number of benzene rings is 2. The Kier molecular flexibility index (Phi) is 14.5. The van der Waals surface area contributed by atoms with Crippen LogP contribution in [0.5, 0.6) is 11.5 Å². The SMILES string of the molecule is COc1cccc(CNCCCNCCO)c1OCc1ccc(F)cc1.Cl.Cl. The van der Waals surface area contributed by atoms with Crippen molar-refractivity contribution in [2.24, 2.45) is 0 Å². The summed E-state index contributed by atoms with van der Waals surface area (Å²) < 4.78 is 24.4. The number of hydrogen-bond acceptors (Lipinski definition) is 5. The van der Waals surface area contributed by atoms with Gasteiger partial charge in [-0.2, -0.15) is 0 Å². The van der Waals surface area contributed by atoms with Crippen LogP contribution in [0.15, 0.2) is 42.5 Å². The number of rotatable bonds is 12. The predicted molar refractivity (Wildman–Crippen MR) is 115 cm³/mol.